The van der Waals surface area contributed by atoms with Crippen molar-refractivity contribution >= 4 is 33.7 Å². The van der Waals surface area contributed by atoms with Crippen LogP contribution in [0.25, 0.3) is 77.9 Å². The van der Waals surface area contributed by atoms with Crippen molar-refractivity contribution in [3.8, 4) is 61.3 Å². The van der Waals surface area contributed by atoms with Crippen molar-refractivity contribution in [1.82, 2.24) is 9.55 Å². The summed E-state index contributed by atoms with van der Waals surface area (Å²) < 4.78 is 2.30. The van der Waals surface area contributed by atoms with Crippen molar-refractivity contribution in [2.24, 2.45) is 0 Å². The number of hydrogen-bond acceptors (Lipinski definition) is 2. The number of para-hydroxylation sites is 2. The predicted molar refractivity (Wildman–Crippen MR) is 265 cm³/mol. The Balaban J connectivity index is 0.928. The molecular formula is C60H43N3. The van der Waals surface area contributed by atoms with Crippen LogP contribution in [-0.2, 0) is 0 Å². The molecule has 0 amide bonds. The molecule has 1 aliphatic carbocycles. The molecule has 0 N–H and O–H groups in total. The number of nitrogens with zero attached hydrogens (tertiary/aromatic N) is 3. The second-order valence-electron chi connectivity index (χ2n) is 16.0. The minimum Gasteiger partial charge on any atom is -0.311 e. The first kappa shape index (κ1) is 37.7. The molecule has 0 saturated heterocycles. The van der Waals surface area contributed by atoms with Crippen molar-refractivity contribution in [3.63, 3.8) is 0 Å². The standard InChI is InChI=1S/C60H43N3/c1-4-14-43(15-5-1)45-26-28-46(29-27-45)48-32-38-55(39-33-48)62(54-36-30-47(31-37-54)44-16-6-2-7-17-44)56-40-34-49(35-41-56)51-20-12-21-52(42-51)57-24-13-25-58-59(57)61-60(50-18-10-11-19-50)63(58)53-22-8-3-9-23-53/h1-18,20-42H,19H2. The summed E-state index contributed by atoms with van der Waals surface area (Å²) in [4.78, 5) is 7.69. The summed E-state index contributed by atoms with van der Waals surface area (Å²) >= 11 is 0. The molecule has 0 atom stereocenters. The molecule has 9 aromatic carbocycles. The number of allylic oxidation sites excluding steroid dienone is 4. The van der Waals surface area contributed by atoms with E-state index in [9.17, 15) is 0 Å². The lowest BCUT2D eigenvalue weighted by Gasteiger charge is -2.26. The van der Waals surface area contributed by atoms with Crippen LogP contribution in [0.3, 0.4) is 0 Å². The van der Waals surface area contributed by atoms with Gasteiger partial charge in [-0.1, -0.05) is 188 Å². The molecule has 298 valence electrons. The molecular weight excluding hydrogens is 763 g/mol. The molecule has 10 aromatic rings. The molecule has 0 saturated carbocycles. The number of anilines is 3. The van der Waals surface area contributed by atoms with Crippen LogP contribution in [-0.4, -0.2) is 9.55 Å². The molecule has 0 aliphatic heterocycles. The van der Waals surface area contributed by atoms with Gasteiger partial charge in [-0.2, -0.15) is 0 Å². The van der Waals surface area contributed by atoms with E-state index in [2.05, 4.69) is 258 Å². The highest BCUT2D eigenvalue weighted by molar-refractivity contribution is 5.96. The summed E-state index contributed by atoms with van der Waals surface area (Å²) in [5.74, 6) is 0.992. The molecule has 0 bridgehead atoms. The fraction of sp³-hybridized carbons (Fsp3) is 0.0167. The lowest BCUT2D eigenvalue weighted by atomic mass is 9.98. The quantitative estimate of drug-likeness (QED) is 0.137. The van der Waals surface area contributed by atoms with E-state index >= 15 is 0 Å². The fourth-order valence-electron chi connectivity index (χ4n) is 8.84. The Morgan fingerprint density at radius 3 is 1.32 bits per heavy atom. The second kappa shape index (κ2) is 16.6. The Morgan fingerprint density at radius 1 is 0.381 bits per heavy atom. The summed E-state index contributed by atoms with van der Waals surface area (Å²) in [6, 6.07) is 82.7. The van der Waals surface area contributed by atoms with Gasteiger partial charge in [0.25, 0.3) is 0 Å². The molecule has 0 unspecified atom stereocenters. The van der Waals surface area contributed by atoms with Crippen molar-refractivity contribution in [3.05, 3.63) is 255 Å². The molecule has 0 fully saturated rings. The first-order valence-corrected chi connectivity index (χ1v) is 21.6. The Labute approximate surface area is 368 Å². The number of hydrogen-bond donors (Lipinski definition) is 0. The Hall–Kier alpha value is -8.27. The van der Waals surface area contributed by atoms with E-state index in [1.54, 1.807) is 0 Å². The number of rotatable bonds is 10. The van der Waals surface area contributed by atoms with E-state index in [1.165, 1.54) is 39.0 Å². The molecule has 63 heavy (non-hydrogen) atoms. The van der Waals surface area contributed by atoms with E-state index in [4.69, 9.17) is 4.98 Å². The molecule has 3 heteroatoms. The summed E-state index contributed by atoms with van der Waals surface area (Å²) in [5, 5.41) is 0. The van der Waals surface area contributed by atoms with Gasteiger partial charge in [0.05, 0.1) is 11.0 Å². The summed E-state index contributed by atoms with van der Waals surface area (Å²) in [5.41, 5.74) is 19.5. The highest BCUT2D eigenvalue weighted by Gasteiger charge is 2.20. The minimum absolute atomic E-state index is 0.878. The van der Waals surface area contributed by atoms with Crippen LogP contribution in [0, 0.1) is 0 Å². The van der Waals surface area contributed by atoms with Crippen LogP contribution in [0.1, 0.15) is 12.2 Å². The van der Waals surface area contributed by atoms with E-state index in [1.807, 2.05) is 0 Å². The minimum atomic E-state index is 0.878. The lowest BCUT2D eigenvalue weighted by Crippen LogP contribution is -2.09. The normalized spacial score (nSPS) is 12.1. The number of fused-ring (bicyclic) bond motifs is 1. The fourth-order valence-corrected chi connectivity index (χ4v) is 8.84. The summed E-state index contributed by atoms with van der Waals surface area (Å²) in [6.07, 6.45) is 7.39. The summed E-state index contributed by atoms with van der Waals surface area (Å²) in [6.45, 7) is 0. The van der Waals surface area contributed by atoms with Gasteiger partial charge in [0.2, 0.25) is 0 Å². The van der Waals surface area contributed by atoms with E-state index in [0.717, 1.165) is 68.3 Å². The van der Waals surface area contributed by atoms with Crippen LogP contribution in [0.4, 0.5) is 17.1 Å². The molecule has 1 aromatic heterocycles. The highest BCUT2D eigenvalue weighted by Crippen LogP contribution is 2.40. The largest absolute Gasteiger partial charge is 0.311 e. The zero-order chi connectivity index (χ0) is 42.0. The Morgan fingerprint density at radius 2 is 0.810 bits per heavy atom. The summed E-state index contributed by atoms with van der Waals surface area (Å²) in [7, 11) is 0. The van der Waals surface area contributed by atoms with Gasteiger partial charge >= 0.3 is 0 Å². The molecule has 1 heterocycles. The van der Waals surface area contributed by atoms with Gasteiger partial charge in [0.15, 0.2) is 0 Å². The van der Waals surface area contributed by atoms with Crippen molar-refractivity contribution in [1.29, 1.82) is 0 Å². The Kier molecular flexibility index (Phi) is 9.96. The average Bonchev–Trinajstić information content (AvgIpc) is 4.05. The zero-order valence-corrected chi connectivity index (χ0v) is 34.7. The lowest BCUT2D eigenvalue weighted by molar-refractivity contribution is 1.04. The maximum atomic E-state index is 5.35. The van der Waals surface area contributed by atoms with Gasteiger partial charge in [0, 0.05) is 28.3 Å². The first-order chi connectivity index (χ1) is 31.2. The molecule has 1 aliphatic rings. The van der Waals surface area contributed by atoms with Crippen LogP contribution in [0.2, 0.25) is 0 Å². The average molecular weight is 806 g/mol. The van der Waals surface area contributed by atoms with Gasteiger partial charge in [-0.05, 0) is 123 Å². The number of aromatic nitrogens is 2. The van der Waals surface area contributed by atoms with Crippen molar-refractivity contribution in [2.75, 3.05) is 4.90 Å². The molecule has 11 rings (SSSR count). The van der Waals surface area contributed by atoms with Crippen LogP contribution in [0.5, 0.6) is 0 Å². The topological polar surface area (TPSA) is 21.1 Å². The first-order valence-electron chi connectivity index (χ1n) is 21.6. The predicted octanol–water partition coefficient (Wildman–Crippen LogP) is 16.2. The van der Waals surface area contributed by atoms with Gasteiger partial charge in [-0.3, -0.25) is 4.57 Å². The maximum Gasteiger partial charge on any atom is 0.141 e. The maximum absolute atomic E-state index is 5.35. The van der Waals surface area contributed by atoms with Gasteiger partial charge in [0.1, 0.15) is 5.82 Å². The smallest absolute Gasteiger partial charge is 0.141 e. The number of imidazole rings is 1. The van der Waals surface area contributed by atoms with Crippen LogP contribution < -0.4 is 4.90 Å². The van der Waals surface area contributed by atoms with Gasteiger partial charge < -0.3 is 4.90 Å². The van der Waals surface area contributed by atoms with Crippen molar-refractivity contribution in [2.45, 2.75) is 6.42 Å². The molecule has 0 radical (unpaired) electrons. The SMILES string of the molecule is C1=CCC(c2nc3c(-c4cccc(-c5ccc(N(c6ccc(-c7ccccc7)cc6)c6ccc(-c7ccc(-c8ccccc8)cc7)cc6)cc5)c4)cccc3n2-c2ccccc2)=C1. The zero-order valence-electron chi connectivity index (χ0n) is 34.7. The van der Waals surface area contributed by atoms with E-state index in [-0.39, 0.29) is 0 Å². The molecule has 0 spiro atoms. The van der Waals surface area contributed by atoms with Crippen LogP contribution in [0.15, 0.2) is 249 Å². The van der Waals surface area contributed by atoms with E-state index in [0.29, 0.717) is 0 Å². The van der Waals surface area contributed by atoms with Crippen LogP contribution >= 0.6 is 0 Å². The number of benzene rings is 9. The third kappa shape index (κ3) is 7.47. The van der Waals surface area contributed by atoms with E-state index < -0.39 is 0 Å². The third-order valence-electron chi connectivity index (χ3n) is 12.1. The van der Waals surface area contributed by atoms with Gasteiger partial charge in [-0.15, -0.1) is 0 Å². The second-order valence-corrected chi connectivity index (χ2v) is 16.0. The monoisotopic (exact) mass is 805 g/mol. The third-order valence-corrected chi connectivity index (χ3v) is 12.1. The van der Waals surface area contributed by atoms with Gasteiger partial charge in [-0.25, -0.2) is 4.98 Å². The Bertz CT molecular complexity index is 3240. The van der Waals surface area contributed by atoms with Crippen molar-refractivity contribution < 1.29 is 0 Å². The molecule has 3 nitrogen and oxygen atoms in total. The highest BCUT2D eigenvalue weighted by atomic mass is 15.1.